The fourth-order valence-electron chi connectivity index (χ4n) is 1.55. The molecule has 2 rings (SSSR count). The lowest BCUT2D eigenvalue weighted by Gasteiger charge is -2.10. The van der Waals surface area contributed by atoms with Crippen LogP contribution in [-0.2, 0) is 0 Å². The van der Waals surface area contributed by atoms with Gasteiger partial charge in [-0.15, -0.1) is 0 Å². The van der Waals surface area contributed by atoms with Crippen molar-refractivity contribution in [3.05, 3.63) is 47.9 Å². The molecule has 0 spiro atoms. The Labute approximate surface area is 83.7 Å². The van der Waals surface area contributed by atoms with E-state index in [-0.39, 0.29) is 0 Å². The van der Waals surface area contributed by atoms with Crippen LogP contribution in [0, 0.1) is 0 Å². The Morgan fingerprint density at radius 3 is 2.86 bits per heavy atom. The Bertz CT molecular complexity index is 370. The van der Waals surface area contributed by atoms with Crippen molar-refractivity contribution in [3.63, 3.8) is 0 Å². The molecule has 0 saturated heterocycles. The summed E-state index contributed by atoms with van der Waals surface area (Å²) in [7, 11) is 0. The lowest BCUT2D eigenvalue weighted by Crippen LogP contribution is -2.04. The first kappa shape index (κ1) is 9.00. The van der Waals surface area contributed by atoms with Gasteiger partial charge in [0.2, 0.25) is 0 Å². The third-order valence-corrected chi connectivity index (χ3v) is 2.27. The van der Waals surface area contributed by atoms with E-state index in [1.807, 2.05) is 30.4 Å². The van der Waals surface area contributed by atoms with Crippen LogP contribution in [-0.4, -0.2) is 10.8 Å². The molecule has 0 saturated carbocycles. The topological polar surface area (TPSA) is 32.6 Å². The van der Waals surface area contributed by atoms with Gasteiger partial charge in [-0.2, -0.15) is 0 Å². The lowest BCUT2D eigenvalue weighted by molar-refractivity contribution is 0.422. The highest BCUT2D eigenvalue weighted by molar-refractivity contribution is 6.11. The molecule has 0 fully saturated rings. The van der Waals surface area contributed by atoms with Crippen LogP contribution < -0.4 is 0 Å². The van der Waals surface area contributed by atoms with Crippen LogP contribution in [0.2, 0.25) is 0 Å². The van der Waals surface area contributed by atoms with E-state index in [0.717, 1.165) is 30.5 Å². The highest BCUT2D eigenvalue weighted by Gasteiger charge is 2.11. The molecule has 0 radical (unpaired) electrons. The maximum Gasteiger partial charge on any atom is 0.120 e. The van der Waals surface area contributed by atoms with Gasteiger partial charge in [0.25, 0.3) is 0 Å². The summed E-state index contributed by atoms with van der Waals surface area (Å²) >= 11 is 0. The molecule has 2 nitrogen and oxygen atoms in total. The average molecular weight is 187 g/mol. The van der Waals surface area contributed by atoms with Crippen molar-refractivity contribution in [1.29, 1.82) is 0 Å². The Hall–Kier alpha value is -1.57. The van der Waals surface area contributed by atoms with Crippen LogP contribution in [0.25, 0.3) is 0 Å². The molecule has 1 aliphatic heterocycles. The van der Waals surface area contributed by atoms with Gasteiger partial charge in [-0.3, -0.25) is 4.99 Å². The Morgan fingerprint density at radius 1 is 1.14 bits per heavy atom. The first-order valence-electron chi connectivity index (χ1n) is 4.87. The van der Waals surface area contributed by atoms with Crippen molar-refractivity contribution < 1.29 is 5.11 Å². The van der Waals surface area contributed by atoms with E-state index in [1.165, 1.54) is 0 Å². The van der Waals surface area contributed by atoms with Crippen LogP contribution in [0.4, 0.5) is 0 Å². The summed E-state index contributed by atoms with van der Waals surface area (Å²) in [5.74, 6) is 0.356. The summed E-state index contributed by atoms with van der Waals surface area (Å²) in [6.45, 7) is 0. The van der Waals surface area contributed by atoms with Crippen molar-refractivity contribution in [3.8, 4) is 0 Å². The van der Waals surface area contributed by atoms with Crippen molar-refractivity contribution >= 4 is 5.71 Å². The summed E-state index contributed by atoms with van der Waals surface area (Å²) in [6, 6.07) is 0. The smallest absolute Gasteiger partial charge is 0.120 e. The van der Waals surface area contributed by atoms with Crippen LogP contribution in [0.5, 0.6) is 0 Å². The van der Waals surface area contributed by atoms with Crippen molar-refractivity contribution in [1.82, 2.24) is 0 Å². The zero-order valence-corrected chi connectivity index (χ0v) is 7.98. The monoisotopic (exact) mass is 187 g/mol. The highest BCUT2D eigenvalue weighted by Crippen LogP contribution is 2.19. The average Bonchev–Trinajstić information content (AvgIpc) is 2.47. The van der Waals surface area contributed by atoms with Crippen LogP contribution >= 0.6 is 0 Å². The molecule has 0 atom stereocenters. The van der Waals surface area contributed by atoms with Gasteiger partial charge >= 0.3 is 0 Å². The second-order valence-electron chi connectivity index (χ2n) is 3.32. The Kier molecular flexibility index (Phi) is 2.63. The fraction of sp³-hybridized carbons (Fsp3) is 0.250. The van der Waals surface area contributed by atoms with E-state index in [0.29, 0.717) is 5.76 Å². The number of aliphatic hydroxyl groups excluding tert-OH is 1. The standard InChI is InChI=1S/C12H13NO/c14-12-8-4-3-6-10(12)11-7-2-1-5-9-13-11/h2,5-9,14H,1,3-4H2. The summed E-state index contributed by atoms with van der Waals surface area (Å²) < 4.78 is 0. The molecule has 0 bridgehead atoms. The van der Waals surface area contributed by atoms with Crippen molar-refractivity contribution in [2.24, 2.45) is 4.99 Å². The zero-order valence-electron chi connectivity index (χ0n) is 7.98. The van der Waals surface area contributed by atoms with Gasteiger partial charge in [-0.25, -0.2) is 0 Å². The largest absolute Gasteiger partial charge is 0.508 e. The molecular formula is C12H13NO. The van der Waals surface area contributed by atoms with Gasteiger partial charge in [0.1, 0.15) is 5.76 Å². The number of nitrogens with zero attached hydrogens (tertiary/aromatic N) is 1. The van der Waals surface area contributed by atoms with Gasteiger partial charge in [0.05, 0.1) is 5.71 Å². The van der Waals surface area contributed by atoms with Gasteiger partial charge in [0.15, 0.2) is 0 Å². The van der Waals surface area contributed by atoms with Gasteiger partial charge in [-0.1, -0.05) is 18.2 Å². The normalized spacial score (nSPS) is 21.0. The molecule has 1 N–H and O–H groups in total. The molecule has 2 aliphatic rings. The molecule has 0 unspecified atom stereocenters. The van der Waals surface area contributed by atoms with Gasteiger partial charge < -0.3 is 5.11 Å². The van der Waals surface area contributed by atoms with Crippen molar-refractivity contribution in [2.45, 2.75) is 19.3 Å². The zero-order chi connectivity index (χ0) is 9.80. The first-order valence-corrected chi connectivity index (χ1v) is 4.87. The van der Waals surface area contributed by atoms with Gasteiger partial charge in [0, 0.05) is 11.8 Å². The SMILES string of the molecule is OC1=CCCC=C1C1=NC=CCC=C1. The molecule has 0 aromatic rings. The second kappa shape index (κ2) is 4.09. The van der Waals surface area contributed by atoms with E-state index in [1.54, 1.807) is 6.20 Å². The number of allylic oxidation sites excluding steroid dienone is 6. The molecule has 1 heterocycles. The second-order valence-corrected chi connectivity index (χ2v) is 3.32. The van der Waals surface area contributed by atoms with E-state index in [2.05, 4.69) is 4.99 Å². The minimum absolute atomic E-state index is 0.356. The van der Waals surface area contributed by atoms with Gasteiger partial charge in [-0.05, 0) is 31.4 Å². The molecule has 1 aliphatic carbocycles. The third kappa shape index (κ3) is 1.84. The first-order chi connectivity index (χ1) is 6.88. The molecule has 2 heteroatoms. The maximum atomic E-state index is 9.67. The molecular weight excluding hydrogens is 174 g/mol. The van der Waals surface area contributed by atoms with E-state index < -0.39 is 0 Å². The highest BCUT2D eigenvalue weighted by atomic mass is 16.3. The van der Waals surface area contributed by atoms with E-state index >= 15 is 0 Å². The summed E-state index contributed by atoms with van der Waals surface area (Å²) in [6.07, 6.45) is 14.5. The molecule has 0 amide bonds. The third-order valence-electron chi connectivity index (χ3n) is 2.27. The van der Waals surface area contributed by atoms with Crippen LogP contribution in [0.1, 0.15) is 19.3 Å². The number of rotatable bonds is 1. The number of hydrogen-bond donors (Lipinski definition) is 1. The molecule has 0 aromatic carbocycles. The minimum Gasteiger partial charge on any atom is -0.508 e. The Morgan fingerprint density at radius 2 is 2.00 bits per heavy atom. The number of aliphatic imine (C=N–C) groups is 1. The fourth-order valence-corrected chi connectivity index (χ4v) is 1.55. The van der Waals surface area contributed by atoms with Crippen LogP contribution in [0.15, 0.2) is 52.9 Å². The summed E-state index contributed by atoms with van der Waals surface area (Å²) in [4.78, 5) is 4.28. The molecule has 0 aromatic heterocycles. The minimum atomic E-state index is 0.356. The van der Waals surface area contributed by atoms with E-state index in [9.17, 15) is 5.11 Å². The van der Waals surface area contributed by atoms with E-state index in [4.69, 9.17) is 0 Å². The molecule has 14 heavy (non-hydrogen) atoms. The number of hydrogen-bond acceptors (Lipinski definition) is 2. The quantitative estimate of drug-likeness (QED) is 0.672. The predicted octanol–water partition coefficient (Wildman–Crippen LogP) is 3.06. The van der Waals surface area contributed by atoms with Crippen LogP contribution in [0.3, 0.4) is 0 Å². The number of aliphatic hydroxyl groups is 1. The molecule has 72 valence electrons. The summed E-state index contributed by atoms with van der Waals surface area (Å²) in [5.41, 5.74) is 1.71. The maximum absolute atomic E-state index is 9.67. The summed E-state index contributed by atoms with van der Waals surface area (Å²) in [5, 5.41) is 9.67. The lowest BCUT2D eigenvalue weighted by atomic mass is 10.0. The predicted molar refractivity (Wildman–Crippen MR) is 58.4 cm³/mol. The Balaban J connectivity index is 2.30. The van der Waals surface area contributed by atoms with Crippen molar-refractivity contribution in [2.75, 3.05) is 0 Å².